The first-order chi connectivity index (χ1) is 8.70. The van der Waals surface area contributed by atoms with Crippen LogP contribution in [0.4, 0.5) is 4.39 Å². The molecule has 0 radical (unpaired) electrons. The molecule has 2 rings (SSSR count). The van der Waals surface area contributed by atoms with Crippen LogP contribution in [0.15, 0.2) is 30.3 Å². The maximum atomic E-state index is 12.9. The van der Waals surface area contributed by atoms with Crippen molar-refractivity contribution in [3.05, 3.63) is 41.7 Å². The molecule has 18 heavy (non-hydrogen) atoms. The van der Waals surface area contributed by atoms with Gasteiger partial charge in [-0.1, -0.05) is 12.1 Å². The van der Waals surface area contributed by atoms with E-state index in [4.69, 9.17) is 5.11 Å². The summed E-state index contributed by atoms with van der Waals surface area (Å²) in [5, 5.41) is 9.14. The van der Waals surface area contributed by atoms with E-state index in [2.05, 4.69) is 0 Å². The molecule has 0 saturated carbocycles. The second-order valence-electron chi connectivity index (χ2n) is 4.40. The summed E-state index contributed by atoms with van der Waals surface area (Å²) in [6.07, 6.45) is 4.79. The van der Waals surface area contributed by atoms with E-state index >= 15 is 0 Å². The van der Waals surface area contributed by atoms with E-state index in [0.717, 1.165) is 12.8 Å². The van der Waals surface area contributed by atoms with Gasteiger partial charge in [0.15, 0.2) is 0 Å². The molecule has 3 nitrogen and oxygen atoms in total. The lowest BCUT2D eigenvalue weighted by Crippen LogP contribution is -2.36. The van der Waals surface area contributed by atoms with Gasteiger partial charge in [0.2, 0.25) is 5.91 Å². The molecule has 1 heterocycles. The Bertz CT molecular complexity index is 459. The molecule has 1 unspecified atom stereocenters. The van der Waals surface area contributed by atoms with Crippen molar-refractivity contribution in [3.63, 3.8) is 0 Å². The third-order valence-corrected chi connectivity index (χ3v) is 3.14. The summed E-state index contributed by atoms with van der Waals surface area (Å²) in [6, 6.07) is 6.00. The Hall–Kier alpha value is -1.68. The zero-order chi connectivity index (χ0) is 13.0. The van der Waals surface area contributed by atoms with Gasteiger partial charge in [0, 0.05) is 12.6 Å². The van der Waals surface area contributed by atoms with Crippen molar-refractivity contribution in [1.82, 2.24) is 4.90 Å². The largest absolute Gasteiger partial charge is 0.394 e. The molecule has 1 aromatic rings. The summed E-state index contributed by atoms with van der Waals surface area (Å²) in [7, 11) is 0. The minimum absolute atomic E-state index is 0.000451. The number of likely N-dealkylation sites (tertiary alicyclic amines) is 1. The zero-order valence-electron chi connectivity index (χ0n) is 10.1. The summed E-state index contributed by atoms with van der Waals surface area (Å²) in [5.74, 6) is -0.449. The average Bonchev–Trinajstić information content (AvgIpc) is 2.84. The number of aliphatic hydroxyl groups is 1. The minimum atomic E-state index is -0.320. The number of carbonyl (C=O) groups is 1. The van der Waals surface area contributed by atoms with Crippen LogP contribution in [0.3, 0.4) is 0 Å². The first-order valence-electron chi connectivity index (χ1n) is 6.06. The molecule has 1 saturated heterocycles. The van der Waals surface area contributed by atoms with E-state index in [1.165, 1.54) is 18.2 Å². The third-order valence-electron chi connectivity index (χ3n) is 3.14. The van der Waals surface area contributed by atoms with Crippen LogP contribution in [-0.4, -0.2) is 35.1 Å². The highest BCUT2D eigenvalue weighted by Crippen LogP contribution is 2.17. The van der Waals surface area contributed by atoms with Gasteiger partial charge in [0.05, 0.1) is 12.6 Å². The quantitative estimate of drug-likeness (QED) is 0.830. The van der Waals surface area contributed by atoms with Gasteiger partial charge in [-0.25, -0.2) is 4.39 Å². The normalized spacial score (nSPS) is 19.7. The van der Waals surface area contributed by atoms with E-state index < -0.39 is 0 Å². The van der Waals surface area contributed by atoms with Gasteiger partial charge in [0.25, 0.3) is 0 Å². The van der Waals surface area contributed by atoms with E-state index in [1.54, 1.807) is 23.1 Å². The molecule has 0 aromatic heterocycles. The lowest BCUT2D eigenvalue weighted by atomic mass is 10.2. The van der Waals surface area contributed by atoms with Gasteiger partial charge in [-0.15, -0.1) is 0 Å². The van der Waals surface area contributed by atoms with Crippen molar-refractivity contribution in [2.24, 2.45) is 0 Å². The SMILES string of the molecule is O=C(C=Cc1cccc(F)c1)N1CCCC1CO. The lowest BCUT2D eigenvalue weighted by molar-refractivity contribution is -0.127. The predicted molar refractivity (Wildman–Crippen MR) is 67.3 cm³/mol. The molecule has 4 heteroatoms. The van der Waals surface area contributed by atoms with Crippen LogP contribution in [0.1, 0.15) is 18.4 Å². The standard InChI is InChI=1S/C14H16FNO2/c15-12-4-1-3-11(9-12)6-7-14(18)16-8-2-5-13(16)10-17/h1,3-4,6-7,9,13,17H,2,5,8,10H2. The molecule has 1 aliphatic heterocycles. The maximum absolute atomic E-state index is 12.9. The van der Waals surface area contributed by atoms with Crippen molar-refractivity contribution in [3.8, 4) is 0 Å². The van der Waals surface area contributed by atoms with Crippen LogP contribution in [0, 0.1) is 5.82 Å². The first kappa shape index (κ1) is 12.8. The molecule has 1 aliphatic rings. The Kier molecular flexibility index (Phi) is 4.10. The zero-order valence-corrected chi connectivity index (χ0v) is 10.1. The van der Waals surface area contributed by atoms with E-state index in [9.17, 15) is 9.18 Å². The average molecular weight is 249 g/mol. The topological polar surface area (TPSA) is 40.5 Å². The number of nitrogens with zero attached hydrogens (tertiary/aromatic N) is 1. The molecular formula is C14H16FNO2. The van der Waals surface area contributed by atoms with Gasteiger partial charge < -0.3 is 10.0 Å². The molecule has 96 valence electrons. The second-order valence-corrected chi connectivity index (χ2v) is 4.40. The van der Waals surface area contributed by atoms with Gasteiger partial charge >= 0.3 is 0 Å². The molecule has 0 spiro atoms. The Morgan fingerprint density at radius 2 is 2.39 bits per heavy atom. The highest BCUT2D eigenvalue weighted by atomic mass is 19.1. The van der Waals surface area contributed by atoms with Crippen LogP contribution in [-0.2, 0) is 4.79 Å². The molecule has 0 bridgehead atoms. The fraction of sp³-hybridized carbons (Fsp3) is 0.357. The van der Waals surface area contributed by atoms with Crippen LogP contribution < -0.4 is 0 Å². The summed E-state index contributed by atoms with van der Waals surface area (Å²) >= 11 is 0. The lowest BCUT2D eigenvalue weighted by Gasteiger charge is -2.21. The number of rotatable bonds is 3. The number of hydrogen-bond donors (Lipinski definition) is 1. The highest BCUT2D eigenvalue weighted by Gasteiger charge is 2.26. The third kappa shape index (κ3) is 2.96. The number of amides is 1. The molecular weight excluding hydrogens is 233 g/mol. The maximum Gasteiger partial charge on any atom is 0.246 e. The molecule has 1 N–H and O–H groups in total. The Morgan fingerprint density at radius 1 is 1.56 bits per heavy atom. The smallest absolute Gasteiger partial charge is 0.246 e. The van der Waals surface area contributed by atoms with Crippen molar-refractivity contribution in [1.29, 1.82) is 0 Å². The summed E-state index contributed by atoms with van der Waals surface area (Å²) in [4.78, 5) is 13.6. The summed E-state index contributed by atoms with van der Waals surface area (Å²) in [5.41, 5.74) is 0.656. The Labute approximate surface area is 106 Å². The fourth-order valence-electron chi connectivity index (χ4n) is 2.19. The number of carbonyl (C=O) groups excluding carboxylic acids is 1. The minimum Gasteiger partial charge on any atom is -0.394 e. The van der Waals surface area contributed by atoms with Crippen LogP contribution in [0.25, 0.3) is 6.08 Å². The van der Waals surface area contributed by atoms with Crippen LogP contribution >= 0.6 is 0 Å². The van der Waals surface area contributed by atoms with Crippen molar-refractivity contribution >= 4 is 12.0 Å². The Balaban J connectivity index is 2.02. The first-order valence-corrected chi connectivity index (χ1v) is 6.06. The van der Waals surface area contributed by atoms with Gasteiger partial charge in [-0.3, -0.25) is 4.79 Å². The van der Waals surface area contributed by atoms with E-state index in [0.29, 0.717) is 12.1 Å². The highest BCUT2D eigenvalue weighted by molar-refractivity contribution is 5.92. The molecule has 1 atom stereocenters. The van der Waals surface area contributed by atoms with Crippen molar-refractivity contribution in [2.45, 2.75) is 18.9 Å². The molecule has 1 fully saturated rings. The number of halogens is 1. The molecule has 0 aliphatic carbocycles. The molecule has 1 amide bonds. The summed E-state index contributed by atoms with van der Waals surface area (Å²) < 4.78 is 12.9. The monoisotopic (exact) mass is 249 g/mol. The van der Waals surface area contributed by atoms with Gasteiger partial charge in [-0.2, -0.15) is 0 Å². The predicted octanol–water partition coefficient (Wildman–Crippen LogP) is 1.82. The Morgan fingerprint density at radius 3 is 3.11 bits per heavy atom. The second kappa shape index (κ2) is 5.78. The van der Waals surface area contributed by atoms with Crippen molar-refractivity contribution < 1.29 is 14.3 Å². The van der Waals surface area contributed by atoms with Gasteiger partial charge in [-0.05, 0) is 36.6 Å². The number of benzene rings is 1. The van der Waals surface area contributed by atoms with Crippen LogP contribution in [0.2, 0.25) is 0 Å². The summed E-state index contributed by atoms with van der Waals surface area (Å²) in [6.45, 7) is 0.678. The molecule has 1 aromatic carbocycles. The van der Waals surface area contributed by atoms with E-state index in [-0.39, 0.29) is 24.4 Å². The number of hydrogen-bond acceptors (Lipinski definition) is 2. The van der Waals surface area contributed by atoms with Crippen LogP contribution in [0.5, 0.6) is 0 Å². The van der Waals surface area contributed by atoms with Gasteiger partial charge in [0.1, 0.15) is 5.82 Å². The van der Waals surface area contributed by atoms with E-state index in [1.807, 2.05) is 0 Å². The fourth-order valence-corrected chi connectivity index (χ4v) is 2.19. The van der Waals surface area contributed by atoms with Crippen molar-refractivity contribution in [2.75, 3.05) is 13.2 Å². The number of aliphatic hydroxyl groups excluding tert-OH is 1.